The first-order chi connectivity index (χ1) is 14.3. The zero-order chi connectivity index (χ0) is 21.3. The molecule has 2 heterocycles. The minimum absolute atomic E-state index is 0.000686. The van der Waals surface area contributed by atoms with Gasteiger partial charge in [-0.15, -0.1) is 0 Å². The van der Waals surface area contributed by atoms with Crippen LogP contribution in [0.5, 0.6) is 0 Å². The summed E-state index contributed by atoms with van der Waals surface area (Å²) in [6, 6.07) is 15.2. The van der Waals surface area contributed by atoms with Gasteiger partial charge in [-0.2, -0.15) is 4.31 Å². The van der Waals surface area contributed by atoms with Crippen LogP contribution in [0.4, 0.5) is 0 Å². The summed E-state index contributed by atoms with van der Waals surface area (Å²) in [6.45, 7) is 3.24. The Labute approximate surface area is 177 Å². The number of hydrogen-bond acceptors (Lipinski definition) is 3. The molecular weight excluding hydrogens is 398 g/mol. The van der Waals surface area contributed by atoms with Gasteiger partial charge < -0.3 is 9.88 Å². The van der Waals surface area contributed by atoms with Crippen molar-refractivity contribution < 1.29 is 13.2 Å². The topological polar surface area (TPSA) is 71.4 Å². The van der Waals surface area contributed by atoms with Crippen LogP contribution in [-0.2, 0) is 28.4 Å². The van der Waals surface area contributed by atoms with Gasteiger partial charge in [0.1, 0.15) is 0 Å². The monoisotopic (exact) mass is 425 g/mol. The third-order valence-electron chi connectivity index (χ3n) is 5.87. The van der Waals surface area contributed by atoms with E-state index in [0.717, 1.165) is 22.0 Å². The number of aromatic nitrogens is 1. The highest BCUT2D eigenvalue weighted by Crippen LogP contribution is 2.26. The quantitative estimate of drug-likeness (QED) is 0.682. The Morgan fingerprint density at radius 2 is 1.87 bits per heavy atom. The second-order valence-corrected chi connectivity index (χ2v) is 9.97. The number of benzene rings is 2. The van der Waals surface area contributed by atoms with Gasteiger partial charge in [0.2, 0.25) is 15.9 Å². The molecule has 0 saturated carbocycles. The van der Waals surface area contributed by atoms with E-state index in [1.54, 1.807) is 12.1 Å². The lowest BCUT2D eigenvalue weighted by molar-refractivity contribution is -0.126. The molecule has 1 saturated heterocycles. The predicted molar refractivity (Wildman–Crippen MR) is 117 cm³/mol. The Hall–Kier alpha value is -2.64. The molecule has 0 spiro atoms. The predicted octanol–water partition coefficient (Wildman–Crippen LogP) is 3.20. The van der Waals surface area contributed by atoms with Crippen molar-refractivity contribution in [1.82, 2.24) is 14.2 Å². The van der Waals surface area contributed by atoms with Crippen molar-refractivity contribution >= 4 is 26.8 Å². The van der Waals surface area contributed by atoms with E-state index >= 15 is 0 Å². The van der Waals surface area contributed by atoms with Crippen LogP contribution in [0.1, 0.15) is 24.0 Å². The van der Waals surface area contributed by atoms with Crippen molar-refractivity contribution in [2.45, 2.75) is 31.2 Å². The number of carbonyl (C=O) groups excluding carboxylic acids is 1. The van der Waals surface area contributed by atoms with E-state index in [1.165, 1.54) is 4.31 Å². The molecule has 1 fully saturated rings. The zero-order valence-electron chi connectivity index (χ0n) is 17.3. The average Bonchev–Trinajstić information content (AvgIpc) is 3.12. The molecule has 30 heavy (non-hydrogen) atoms. The number of amides is 1. The average molecular weight is 426 g/mol. The van der Waals surface area contributed by atoms with Crippen LogP contribution in [0.25, 0.3) is 10.9 Å². The van der Waals surface area contributed by atoms with Gasteiger partial charge in [0.25, 0.3) is 0 Å². The number of hydrogen-bond donors (Lipinski definition) is 1. The molecule has 2 aromatic carbocycles. The largest absolute Gasteiger partial charge is 0.352 e. The molecule has 1 N–H and O–H groups in total. The van der Waals surface area contributed by atoms with Crippen molar-refractivity contribution in [2.75, 3.05) is 13.1 Å². The van der Waals surface area contributed by atoms with E-state index in [9.17, 15) is 13.2 Å². The standard InChI is InChI=1S/C23H27N3O3S/c1-17-4-3-5-18(14-17)16-24-23(27)19-9-12-26(13-10-19)30(28,29)21-6-7-22-20(15-21)8-11-25(22)2/h3-8,11,14-15,19H,9-10,12-13,16H2,1-2H3,(H,24,27). The van der Waals surface area contributed by atoms with Crippen LogP contribution in [0.2, 0.25) is 0 Å². The number of aryl methyl sites for hydroxylation is 2. The van der Waals surface area contributed by atoms with Crippen molar-refractivity contribution in [3.63, 3.8) is 0 Å². The summed E-state index contributed by atoms with van der Waals surface area (Å²) in [5.74, 6) is -0.155. The lowest BCUT2D eigenvalue weighted by Crippen LogP contribution is -2.42. The van der Waals surface area contributed by atoms with Gasteiger partial charge in [-0.05, 0) is 49.6 Å². The minimum Gasteiger partial charge on any atom is -0.352 e. The number of nitrogens with one attached hydrogen (secondary N) is 1. The summed E-state index contributed by atoms with van der Waals surface area (Å²) < 4.78 is 29.6. The third-order valence-corrected chi connectivity index (χ3v) is 7.76. The first kappa shape index (κ1) is 20.6. The fourth-order valence-electron chi connectivity index (χ4n) is 4.08. The summed E-state index contributed by atoms with van der Waals surface area (Å²) in [7, 11) is -1.63. The molecule has 0 unspecified atom stereocenters. The van der Waals surface area contributed by atoms with Crippen LogP contribution >= 0.6 is 0 Å². The van der Waals surface area contributed by atoms with Gasteiger partial charge in [0.05, 0.1) is 4.90 Å². The molecule has 1 aliphatic heterocycles. The normalized spacial score (nSPS) is 16.1. The molecular formula is C23H27N3O3S. The van der Waals surface area contributed by atoms with Gasteiger partial charge in [-0.3, -0.25) is 4.79 Å². The lowest BCUT2D eigenvalue weighted by atomic mass is 9.97. The number of rotatable bonds is 5. The Morgan fingerprint density at radius 3 is 2.60 bits per heavy atom. The van der Waals surface area contributed by atoms with E-state index in [-0.39, 0.29) is 11.8 Å². The molecule has 3 aromatic rings. The first-order valence-electron chi connectivity index (χ1n) is 10.2. The zero-order valence-corrected chi connectivity index (χ0v) is 18.2. The summed E-state index contributed by atoms with van der Waals surface area (Å²) in [6.07, 6.45) is 2.99. The molecule has 0 bridgehead atoms. The maximum atomic E-state index is 13.1. The maximum Gasteiger partial charge on any atom is 0.243 e. The Morgan fingerprint density at radius 1 is 1.10 bits per heavy atom. The van der Waals surface area contributed by atoms with E-state index in [1.807, 2.05) is 55.1 Å². The number of fused-ring (bicyclic) bond motifs is 1. The molecule has 1 aromatic heterocycles. The molecule has 0 aliphatic carbocycles. The molecule has 158 valence electrons. The fraction of sp³-hybridized carbons (Fsp3) is 0.348. The number of nitrogens with zero attached hydrogens (tertiary/aromatic N) is 2. The van der Waals surface area contributed by atoms with Crippen molar-refractivity contribution in [1.29, 1.82) is 0 Å². The summed E-state index contributed by atoms with van der Waals surface area (Å²) in [5, 5.41) is 3.90. The van der Waals surface area contributed by atoms with Crippen molar-refractivity contribution in [3.05, 3.63) is 65.9 Å². The van der Waals surface area contributed by atoms with E-state index < -0.39 is 10.0 Å². The van der Waals surface area contributed by atoms with Crippen LogP contribution in [0, 0.1) is 12.8 Å². The Balaban J connectivity index is 1.37. The molecule has 1 aliphatic rings. The molecule has 1 amide bonds. The van der Waals surface area contributed by atoms with E-state index in [2.05, 4.69) is 11.4 Å². The summed E-state index contributed by atoms with van der Waals surface area (Å²) >= 11 is 0. The lowest BCUT2D eigenvalue weighted by Gasteiger charge is -2.30. The smallest absolute Gasteiger partial charge is 0.243 e. The molecule has 6 nitrogen and oxygen atoms in total. The van der Waals surface area contributed by atoms with Gasteiger partial charge >= 0.3 is 0 Å². The second-order valence-electron chi connectivity index (χ2n) is 8.03. The van der Waals surface area contributed by atoms with E-state index in [4.69, 9.17) is 0 Å². The summed E-state index contributed by atoms with van der Waals surface area (Å²) in [4.78, 5) is 12.9. The highest BCUT2D eigenvalue weighted by Gasteiger charge is 2.32. The molecule has 7 heteroatoms. The Kier molecular flexibility index (Phi) is 5.66. The Bertz CT molecular complexity index is 1180. The number of carbonyl (C=O) groups is 1. The highest BCUT2D eigenvalue weighted by atomic mass is 32.2. The maximum absolute atomic E-state index is 13.1. The second kappa shape index (κ2) is 8.24. The van der Waals surface area contributed by atoms with Crippen LogP contribution < -0.4 is 5.32 Å². The molecule has 0 atom stereocenters. The van der Waals surface area contributed by atoms with E-state index in [0.29, 0.717) is 37.4 Å². The first-order valence-corrected chi connectivity index (χ1v) is 11.7. The highest BCUT2D eigenvalue weighted by molar-refractivity contribution is 7.89. The number of piperidine rings is 1. The molecule has 4 rings (SSSR count). The van der Waals surface area contributed by atoms with Crippen molar-refractivity contribution in [3.8, 4) is 0 Å². The van der Waals surface area contributed by atoms with Crippen LogP contribution in [0.15, 0.2) is 59.6 Å². The SMILES string of the molecule is Cc1cccc(CNC(=O)C2CCN(S(=O)(=O)c3ccc4c(ccn4C)c3)CC2)c1. The van der Waals surface area contributed by atoms with Gasteiger partial charge in [-0.1, -0.05) is 29.8 Å². The third kappa shape index (κ3) is 4.13. The molecule has 0 radical (unpaired) electrons. The minimum atomic E-state index is -3.56. The van der Waals surface area contributed by atoms with Gasteiger partial charge in [0, 0.05) is 49.7 Å². The van der Waals surface area contributed by atoms with Crippen LogP contribution in [-0.4, -0.2) is 36.3 Å². The fourth-order valence-corrected chi connectivity index (χ4v) is 5.59. The van der Waals surface area contributed by atoms with Gasteiger partial charge in [0.15, 0.2) is 0 Å². The number of sulfonamides is 1. The van der Waals surface area contributed by atoms with Crippen molar-refractivity contribution in [2.24, 2.45) is 13.0 Å². The summed E-state index contributed by atoms with van der Waals surface area (Å²) in [5.41, 5.74) is 3.23. The van der Waals surface area contributed by atoms with Gasteiger partial charge in [-0.25, -0.2) is 8.42 Å². The van der Waals surface area contributed by atoms with Crippen LogP contribution in [0.3, 0.4) is 0 Å².